The predicted octanol–water partition coefficient (Wildman–Crippen LogP) is 2.17. The summed E-state index contributed by atoms with van der Waals surface area (Å²) in [6.45, 7) is 0. The third kappa shape index (κ3) is 3.01. The average Bonchev–Trinajstić information content (AvgIpc) is 3.21. The molecule has 2 heterocycles. The number of nitrogens with zero attached hydrogens (tertiary/aromatic N) is 6. The van der Waals surface area contributed by atoms with Crippen LogP contribution in [0.1, 0.15) is 0 Å². The Morgan fingerprint density at radius 1 is 0.963 bits per heavy atom. The molecule has 0 atom stereocenters. The summed E-state index contributed by atoms with van der Waals surface area (Å²) in [5.74, 6) is -1.51. The number of rotatable bonds is 5. The van der Waals surface area contributed by atoms with Crippen molar-refractivity contribution in [2.75, 3.05) is 0 Å². The Hall–Kier alpha value is -4.36. The first-order valence-corrected chi connectivity index (χ1v) is 7.00. The molecule has 0 unspecified atom stereocenters. The smallest absolute Gasteiger partial charge is 0.318 e. The monoisotopic (exact) mass is 376 g/mol. The van der Waals surface area contributed by atoms with Gasteiger partial charge in [0.05, 0.1) is 32.6 Å². The first-order chi connectivity index (χ1) is 12.7. The number of hydrogen-bond donors (Lipinski definition) is 1. The number of phenolic OH excluding ortho intramolecular Hbond substituents is 1. The molecular formula is C13H8N6O8. The third-order valence-corrected chi connectivity index (χ3v) is 3.56. The number of aromatic hydroxyl groups is 1. The number of phenols is 1. The maximum atomic E-state index is 11.0. The molecule has 0 radical (unpaired) electrons. The summed E-state index contributed by atoms with van der Waals surface area (Å²) in [7, 11) is 1.49. The zero-order chi connectivity index (χ0) is 19.9. The van der Waals surface area contributed by atoms with E-state index in [-0.39, 0.29) is 17.3 Å². The van der Waals surface area contributed by atoms with Crippen molar-refractivity contribution < 1.29 is 24.3 Å². The Balaban J connectivity index is 2.13. The lowest BCUT2D eigenvalue weighted by Crippen LogP contribution is -1.95. The van der Waals surface area contributed by atoms with Crippen LogP contribution in [0.2, 0.25) is 0 Å². The molecule has 1 N–H and O–H groups in total. The Kier molecular flexibility index (Phi) is 3.99. The fourth-order valence-corrected chi connectivity index (χ4v) is 2.31. The Bertz CT molecular complexity index is 1100. The van der Waals surface area contributed by atoms with E-state index >= 15 is 0 Å². The minimum absolute atomic E-state index is 0.167. The lowest BCUT2D eigenvalue weighted by atomic mass is 10.1. The Morgan fingerprint density at radius 2 is 1.59 bits per heavy atom. The molecule has 0 aliphatic rings. The lowest BCUT2D eigenvalue weighted by molar-refractivity contribution is -0.394. The van der Waals surface area contributed by atoms with Gasteiger partial charge in [-0.2, -0.15) is 0 Å². The molecule has 0 aliphatic carbocycles. The van der Waals surface area contributed by atoms with Gasteiger partial charge in [-0.1, -0.05) is 0 Å². The molecule has 0 saturated heterocycles. The number of hydrogen-bond acceptors (Lipinski definition) is 10. The molecule has 2 aromatic heterocycles. The molecule has 0 saturated carbocycles. The van der Waals surface area contributed by atoms with Crippen LogP contribution < -0.4 is 0 Å². The van der Waals surface area contributed by atoms with Crippen LogP contribution in [0.25, 0.3) is 23.0 Å². The van der Waals surface area contributed by atoms with Gasteiger partial charge in [0.25, 0.3) is 23.2 Å². The summed E-state index contributed by atoms with van der Waals surface area (Å²) in [6, 6.07) is 2.59. The van der Waals surface area contributed by atoms with Crippen LogP contribution in [0.4, 0.5) is 17.1 Å². The van der Waals surface area contributed by atoms with Gasteiger partial charge in [-0.25, -0.2) is 0 Å². The molecular weight excluding hydrogens is 368 g/mol. The molecule has 3 rings (SSSR count). The zero-order valence-corrected chi connectivity index (χ0v) is 13.3. The zero-order valence-electron chi connectivity index (χ0n) is 13.3. The largest absolute Gasteiger partial charge is 0.502 e. The van der Waals surface area contributed by atoms with Gasteiger partial charge in [0, 0.05) is 19.2 Å². The van der Waals surface area contributed by atoms with Crippen molar-refractivity contribution in [3.8, 4) is 28.8 Å². The van der Waals surface area contributed by atoms with Crippen LogP contribution >= 0.6 is 0 Å². The minimum atomic E-state index is -0.996. The number of nitro groups is 3. The van der Waals surface area contributed by atoms with Crippen molar-refractivity contribution in [2.45, 2.75) is 0 Å². The molecule has 0 spiro atoms. The molecule has 1 aromatic carbocycles. The number of aromatic nitrogens is 3. The lowest BCUT2D eigenvalue weighted by Gasteiger charge is -2.01. The second-order valence-corrected chi connectivity index (χ2v) is 5.24. The first kappa shape index (κ1) is 17.5. The van der Waals surface area contributed by atoms with Gasteiger partial charge in [-0.05, 0) is 0 Å². The van der Waals surface area contributed by atoms with E-state index in [9.17, 15) is 35.4 Å². The van der Waals surface area contributed by atoms with Gasteiger partial charge < -0.3 is 14.1 Å². The van der Waals surface area contributed by atoms with Crippen molar-refractivity contribution in [1.82, 2.24) is 14.8 Å². The molecule has 3 aromatic rings. The number of benzene rings is 1. The van der Waals surface area contributed by atoms with Crippen molar-refractivity contribution in [3.63, 3.8) is 0 Å². The molecule has 0 aliphatic heterocycles. The van der Waals surface area contributed by atoms with Crippen LogP contribution in [0.5, 0.6) is 5.75 Å². The highest BCUT2D eigenvalue weighted by molar-refractivity contribution is 5.73. The van der Waals surface area contributed by atoms with Gasteiger partial charge in [0.1, 0.15) is 5.69 Å². The molecule has 14 heteroatoms. The quantitative estimate of drug-likeness (QED) is 0.509. The van der Waals surface area contributed by atoms with Crippen LogP contribution in [0, 0.1) is 30.3 Å². The summed E-state index contributed by atoms with van der Waals surface area (Å²) in [4.78, 5) is 30.3. The standard InChI is InChI=1S/C13H8N6O8/c1-16-5-7(18(23)24)4-10(16)13-15-14-12(27-13)8-2-6(17(21)22)3-9(11(8)20)19(25)26/h2-5,20H,1H3. The normalized spacial score (nSPS) is 10.7. The van der Waals surface area contributed by atoms with Gasteiger partial charge >= 0.3 is 5.69 Å². The van der Waals surface area contributed by atoms with E-state index in [1.165, 1.54) is 17.8 Å². The number of non-ortho nitro benzene ring substituents is 1. The highest BCUT2D eigenvalue weighted by atomic mass is 16.6. The summed E-state index contributed by atoms with van der Waals surface area (Å²) in [6.07, 6.45) is 1.20. The molecule has 14 nitrogen and oxygen atoms in total. The molecule has 138 valence electrons. The van der Waals surface area contributed by atoms with E-state index in [4.69, 9.17) is 4.42 Å². The van der Waals surface area contributed by atoms with Crippen molar-refractivity contribution in [3.05, 3.63) is 54.7 Å². The van der Waals surface area contributed by atoms with Gasteiger partial charge in [-0.15, -0.1) is 10.2 Å². The van der Waals surface area contributed by atoms with E-state index in [1.54, 1.807) is 0 Å². The minimum Gasteiger partial charge on any atom is -0.502 e. The van der Waals surface area contributed by atoms with Crippen LogP contribution in [0.3, 0.4) is 0 Å². The predicted molar refractivity (Wildman–Crippen MR) is 85.8 cm³/mol. The fourth-order valence-electron chi connectivity index (χ4n) is 2.31. The highest BCUT2D eigenvalue weighted by Crippen LogP contribution is 2.40. The summed E-state index contributed by atoms with van der Waals surface area (Å²) >= 11 is 0. The fraction of sp³-hybridized carbons (Fsp3) is 0.0769. The molecule has 0 fully saturated rings. The molecule has 0 amide bonds. The topological polar surface area (TPSA) is 194 Å². The number of nitro benzene ring substituents is 2. The Morgan fingerprint density at radius 3 is 2.15 bits per heavy atom. The second kappa shape index (κ2) is 6.17. The van der Waals surface area contributed by atoms with Crippen molar-refractivity contribution >= 4 is 17.1 Å². The Labute approximate surface area is 147 Å². The van der Waals surface area contributed by atoms with Crippen LogP contribution in [-0.4, -0.2) is 34.6 Å². The van der Waals surface area contributed by atoms with Gasteiger partial charge in [0.15, 0.2) is 0 Å². The third-order valence-electron chi connectivity index (χ3n) is 3.56. The average molecular weight is 376 g/mol. The van der Waals surface area contributed by atoms with E-state index < -0.39 is 43.3 Å². The van der Waals surface area contributed by atoms with Crippen LogP contribution in [-0.2, 0) is 7.05 Å². The van der Waals surface area contributed by atoms with Gasteiger partial charge in [0.2, 0.25) is 5.75 Å². The highest BCUT2D eigenvalue weighted by Gasteiger charge is 2.28. The molecule has 0 bridgehead atoms. The second-order valence-electron chi connectivity index (χ2n) is 5.24. The summed E-state index contributed by atoms with van der Waals surface area (Å²) in [5.41, 5.74) is -2.06. The van der Waals surface area contributed by atoms with E-state index in [2.05, 4.69) is 10.2 Å². The summed E-state index contributed by atoms with van der Waals surface area (Å²) < 4.78 is 6.65. The van der Waals surface area contributed by atoms with E-state index in [0.717, 1.165) is 12.1 Å². The summed E-state index contributed by atoms with van der Waals surface area (Å²) in [5, 5.41) is 50.2. The SMILES string of the molecule is Cn1cc([N+](=O)[O-])cc1-c1nnc(-c2cc([N+](=O)[O-])cc([N+](=O)[O-])c2O)o1. The first-order valence-electron chi connectivity index (χ1n) is 7.00. The maximum Gasteiger partial charge on any atom is 0.318 e. The van der Waals surface area contributed by atoms with E-state index in [0.29, 0.717) is 6.07 Å². The number of aryl methyl sites for hydroxylation is 1. The van der Waals surface area contributed by atoms with Crippen LogP contribution in [0.15, 0.2) is 28.8 Å². The van der Waals surface area contributed by atoms with Gasteiger partial charge in [-0.3, -0.25) is 30.3 Å². The van der Waals surface area contributed by atoms with E-state index in [1.807, 2.05) is 0 Å². The molecule has 27 heavy (non-hydrogen) atoms. The van der Waals surface area contributed by atoms with Crippen molar-refractivity contribution in [2.24, 2.45) is 7.05 Å². The van der Waals surface area contributed by atoms with Crippen molar-refractivity contribution in [1.29, 1.82) is 0 Å². The maximum absolute atomic E-state index is 11.0.